The number of carbonyl (C=O) groups is 1. The van der Waals surface area contributed by atoms with E-state index in [1.807, 2.05) is 24.6 Å². The molecule has 0 saturated carbocycles. The van der Waals surface area contributed by atoms with Gasteiger partial charge in [0.2, 0.25) is 0 Å². The van der Waals surface area contributed by atoms with Gasteiger partial charge < -0.3 is 9.80 Å². The first-order valence-corrected chi connectivity index (χ1v) is 6.88. The van der Waals surface area contributed by atoms with Crippen LogP contribution in [0.3, 0.4) is 0 Å². The van der Waals surface area contributed by atoms with Crippen LogP contribution in [0.4, 0.5) is 0 Å². The lowest BCUT2D eigenvalue weighted by atomic mass is 9.87. The van der Waals surface area contributed by atoms with E-state index >= 15 is 0 Å². The van der Waals surface area contributed by atoms with Gasteiger partial charge in [0.1, 0.15) is 5.54 Å². The maximum Gasteiger partial charge on any atom is 0.264 e. The van der Waals surface area contributed by atoms with Crippen LogP contribution in [0.1, 0.15) is 22.5 Å². The minimum Gasteiger partial charge on any atom is -0.322 e. The molecule has 2 rings (SSSR count). The van der Waals surface area contributed by atoms with E-state index in [1.165, 1.54) is 11.3 Å². The lowest BCUT2D eigenvalue weighted by molar-refractivity contribution is 0.0525. The molecule has 0 spiro atoms. The standard InChI is InChI=1S/C13H17N3OS/c1-15-7-5-13(10-14,6-8-15)16(2)12(17)11-4-3-9-18-11/h3-4,9H,5-8H2,1-2H3. The maximum absolute atomic E-state index is 12.3. The highest BCUT2D eigenvalue weighted by Crippen LogP contribution is 2.28. The summed E-state index contributed by atoms with van der Waals surface area (Å²) >= 11 is 1.42. The number of hydrogen-bond donors (Lipinski definition) is 0. The second-order valence-corrected chi connectivity index (χ2v) is 5.74. The quantitative estimate of drug-likeness (QED) is 0.817. The summed E-state index contributed by atoms with van der Waals surface area (Å²) in [6, 6.07) is 6.03. The van der Waals surface area contributed by atoms with Gasteiger partial charge in [-0.3, -0.25) is 4.79 Å². The highest BCUT2D eigenvalue weighted by atomic mass is 32.1. The summed E-state index contributed by atoms with van der Waals surface area (Å²) in [6.45, 7) is 1.71. The fourth-order valence-electron chi connectivity index (χ4n) is 2.27. The Hall–Kier alpha value is -1.38. The van der Waals surface area contributed by atoms with Crippen LogP contribution >= 0.6 is 11.3 Å². The third kappa shape index (κ3) is 2.26. The van der Waals surface area contributed by atoms with Crippen LogP contribution in [0, 0.1) is 11.3 Å². The smallest absolute Gasteiger partial charge is 0.264 e. The van der Waals surface area contributed by atoms with E-state index < -0.39 is 5.54 Å². The molecule has 96 valence electrons. The molecule has 0 aliphatic carbocycles. The zero-order chi connectivity index (χ0) is 13.2. The van der Waals surface area contributed by atoms with Gasteiger partial charge in [0.15, 0.2) is 0 Å². The van der Waals surface area contributed by atoms with Crippen LogP contribution in [-0.4, -0.2) is 48.4 Å². The molecular formula is C13H17N3OS. The Labute approximate surface area is 111 Å². The van der Waals surface area contributed by atoms with Crippen molar-refractivity contribution in [2.45, 2.75) is 18.4 Å². The first-order valence-electron chi connectivity index (χ1n) is 6.00. The van der Waals surface area contributed by atoms with Gasteiger partial charge in [0.05, 0.1) is 10.9 Å². The summed E-state index contributed by atoms with van der Waals surface area (Å²) in [4.78, 5) is 16.8. The fraction of sp³-hybridized carbons (Fsp3) is 0.538. The van der Waals surface area contributed by atoms with Crippen LogP contribution in [0.2, 0.25) is 0 Å². The van der Waals surface area contributed by atoms with Crippen LogP contribution in [0.15, 0.2) is 17.5 Å². The number of rotatable bonds is 2. The summed E-state index contributed by atoms with van der Waals surface area (Å²) in [5, 5.41) is 11.4. The molecule has 4 nitrogen and oxygen atoms in total. The van der Waals surface area contributed by atoms with Crippen LogP contribution in [0.25, 0.3) is 0 Å². The normalized spacial score (nSPS) is 19.2. The van der Waals surface area contributed by atoms with Crippen molar-refractivity contribution in [2.24, 2.45) is 0 Å². The lowest BCUT2D eigenvalue weighted by Gasteiger charge is -2.41. The third-order valence-electron chi connectivity index (χ3n) is 3.70. The Balaban J connectivity index is 2.18. The summed E-state index contributed by atoms with van der Waals surface area (Å²) in [7, 11) is 3.79. The van der Waals surface area contributed by atoms with Crippen molar-refractivity contribution in [2.75, 3.05) is 27.2 Å². The Morgan fingerprint density at radius 2 is 2.22 bits per heavy atom. The van der Waals surface area contributed by atoms with Crippen molar-refractivity contribution in [1.82, 2.24) is 9.80 Å². The predicted molar refractivity (Wildman–Crippen MR) is 71.5 cm³/mol. The summed E-state index contributed by atoms with van der Waals surface area (Å²) < 4.78 is 0. The molecule has 2 heterocycles. The third-order valence-corrected chi connectivity index (χ3v) is 4.56. The number of nitrogens with zero attached hydrogens (tertiary/aromatic N) is 3. The minimum atomic E-state index is -0.645. The van der Waals surface area contributed by atoms with E-state index in [-0.39, 0.29) is 5.91 Å². The Morgan fingerprint density at radius 1 is 1.56 bits per heavy atom. The molecule has 0 unspecified atom stereocenters. The van der Waals surface area contributed by atoms with Crippen molar-refractivity contribution in [3.8, 4) is 6.07 Å². The maximum atomic E-state index is 12.3. The van der Waals surface area contributed by atoms with Gasteiger partial charge in [-0.15, -0.1) is 11.3 Å². The molecule has 1 amide bonds. The average Bonchev–Trinajstić information content (AvgIpc) is 2.92. The molecule has 1 aliphatic heterocycles. The fourth-order valence-corrected chi connectivity index (χ4v) is 2.97. The average molecular weight is 263 g/mol. The highest BCUT2D eigenvalue weighted by molar-refractivity contribution is 7.12. The van der Waals surface area contributed by atoms with Gasteiger partial charge in [-0.1, -0.05) is 6.07 Å². The zero-order valence-electron chi connectivity index (χ0n) is 10.7. The zero-order valence-corrected chi connectivity index (χ0v) is 11.5. The number of nitriles is 1. The molecule has 1 fully saturated rings. The van der Waals surface area contributed by atoms with Gasteiger partial charge in [0.25, 0.3) is 5.91 Å². The monoisotopic (exact) mass is 263 g/mol. The van der Waals surface area contributed by atoms with Gasteiger partial charge in [0, 0.05) is 20.1 Å². The molecule has 0 radical (unpaired) electrons. The summed E-state index contributed by atoms with van der Waals surface area (Å²) in [5.74, 6) is -0.0453. The van der Waals surface area contributed by atoms with Crippen LogP contribution in [-0.2, 0) is 0 Å². The first-order chi connectivity index (χ1) is 8.59. The molecule has 1 aliphatic rings. The molecule has 1 aromatic rings. The number of hydrogen-bond acceptors (Lipinski definition) is 4. The van der Waals surface area contributed by atoms with E-state index in [1.54, 1.807) is 11.9 Å². The number of piperidine rings is 1. The minimum absolute atomic E-state index is 0.0453. The van der Waals surface area contributed by atoms with Gasteiger partial charge in [-0.25, -0.2) is 0 Å². The molecule has 5 heteroatoms. The van der Waals surface area contributed by atoms with Crippen molar-refractivity contribution in [1.29, 1.82) is 5.26 Å². The van der Waals surface area contributed by atoms with Gasteiger partial charge >= 0.3 is 0 Å². The van der Waals surface area contributed by atoms with Crippen LogP contribution in [0.5, 0.6) is 0 Å². The SMILES string of the molecule is CN1CCC(C#N)(N(C)C(=O)c2cccs2)CC1. The van der Waals surface area contributed by atoms with Crippen molar-refractivity contribution >= 4 is 17.2 Å². The summed E-state index contributed by atoms with van der Waals surface area (Å²) in [5.41, 5.74) is -0.645. The van der Waals surface area contributed by atoms with E-state index in [4.69, 9.17) is 0 Å². The topological polar surface area (TPSA) is 47.3 Å². The second-order valence-electron chi connectivity index (χ2n) is 4.79. The number of amides is 1. The Kier molecular flexibility index (Phi) is 3.69. The number of likely N-dealkylation sites (tertiary alicyclic amines) is 1. The van der Waals surface area contributed by atoms with Crippen LogP contribution < -0.4 is 0 Å². The van der Waals surface area contributed by atoms with Gasteiger partial charge in [-0.2, -0.15) is 5.26 Å². The van der Waals surface area contributed by atoms with Crippen molar-refractivity contribution < 1.29 is 4.79 Å². The lowest BCUT2D eigenvalue weighted by Crippen LogP contribution is -2.54. The number of thiophene rings is 1. The Bertz CT molecular complexity index is 455. The first kappa shape index (κ1) is 13.1. The molecule has 1 saturated heterocycles. The highest BCUT2D eigenvalue weighted by Gasteiger charge is 2.40. The predicted octanol–water partition coefficient (Wildman–Crippen LogP) is 1.81. The number of carbonyl (C=O) groups excluding carboxylic acids is 1. The summed E-state index contributed by atoms with van der Waals surface area (Å²) in [6.07, 6.45) is 1.43. The van der Waals surface area contributed by atoms with E-state index in [0.29, 0.717) is 17.7 Å². The van der Waals surface area contributed by atoms with Crippen molar-refractivity contribution in [3.63, 3.8) is 0 Å². The molecule has 0 N–H and O–H groups in total. The molecular weight excluding hydrogens is 246 g/mol. The van der Waals surface area contributed by atoms with E-state index in [2.05, 4.69) is 11.0 Å². The second kappa shape index (κ2) is 5.09. The van der Waals surface area contributed by atoms with Gasteiger partial charge in [-0.05, 0) is 31.3 Å². The largest absolute Gasteiger partial charge is 0.322 e. The Morgan fingerprint density at radius 3 is 2.72 bits per heavy atom. The van der Waals surface area contributed by atoms with Crippen molar-refractivity contribution in [3.05, 3.63) is 22.4 Å². The van der Waals surface area contributed by atoms with E-state index in [9.17, 15) is 10.1 Å². The molecule has 0 bridgehead atoms. The molecule has 0 aromatic carbocycles. The molecule has 18 heavy (non-hydrogen) atoms. The van der Waals surface area contributed by atoms with E-state index in [0.717, 1.165) is 13.1 Å². The molecule has 1 aromatic heterocycles. The molecule has 0 atom stereocenters.